The van der Waals surface area contributed by atoms with Crippen molar-refractivity contribution >= 4 is 16.9 Å². The second-order valence-corrected chi connectivity index (χ2v) is 4.78. The normalized spacial score (nSPS) is 19.8. The van der Waals surface area contributed by atoms with Gasteiger partial charge in [0, 0.05) is 13.1 Å². The zero-order valence-corrected chi connectivity index (χ0v) is 10.3. The monoisotopic (exact) mass is 284 g/mol. The number of fused-ring (bicyclic) bond motifs is 1. The first-order valence-electron chi connectivity index (χ1n) is 6.12. The van der Waals surface area contributed by atoms with Gasteiger partial charge in [-0.1, -0.05) is 6.07 Å². The van der Waals surface area contributed by atoms with E-state index < -0.39 is 18.0 Å². The Morgan fingerprint density at radius 3 is 2.85 bits per heavy atom. The number of para-hydroxylation sites is 1. The van der Waals surface area contributed by atoms with E-state index in [1.807, 2.05) is 0 Å². The summed E-state index contributed by atoms with van der Waals surface area (Å²) in [6, 6.07) is 4.86. The van der Waals surface area contributed by atoms with E-state index in [1.54, 1.807) is 18.2 Å². The van der Waals surface area contributed by atoms with Crippen molar-refractivity contribution in [3.05, 3.63) is 23.8 Å². The minimum atomic E-state index is -4.26. The first-order valence-corrected chi connectivity index (χ1v) is 6.12. The number of amides is 1. The van der Waals surface area contributed by atoms with Crippen LogP contribution in [0.4, 0.5) is 13.2 Å². The zero-order chi connectivity index (χ0) is 14.3. The number of benzene rings is 1. The van der Waals surface area contributed by atoms with Crippen molar-refractivity contribution in [3.8, 4) is 0 Å². The van der Waals surface area contributed by atoms with E-state index in [9.17, 15) is 18.0 Å². The number of alkyl halides is 3. The number of nitrogens with one attached hydrogen (secondary N) is 1. The van der Waals surface area contributed by atoms with Gasteiger partial charge in [0.05, 0.1) is 11.5 Å². The van der Waals surface area contributed by atoms with Crippen molar-refractivity contribution in [1.29, 1.82) is 0 Å². The lowest BCUT2D eigenvalue weighted by atomic mass is 10.1. The van der Waals surface area contributed by atoms with E-state index in [4.69, 9.17) is 0 Å². The summed E-state index contributed by atoms with van der Waals surface area (Å²) in [5, 5.41) is 10.1. The molecule has 0 spiro atoms. The maximum atomic E-state index is 12.6. The molecule has 2 aromatic rings. The molecule has 0 radical (unpaired) electrons. The molecule has 1 N–H and O–H groups in total. The van der Waals surface area contributed by atoms with Crippen LogP contribution in [0.15, 0.2) is 18.2 Å². The second-order valence-electron chi connectivity index (χ2n) is 4.78. The molecule has 1 aliphatic rings. The molecule has 106 valence electrons. The summed E-state index contributed by atoms with van der Waals surface area (Å²) in [4.78, 5) is 13.5. The lowest BCUT2D eigenvalue weighted by Crippen LogP contribution is -2.32. The predicted octanol–water partition coefficient (Wildman–Crippen LogP) is 1.98. The van der Waals surface area contributed by atoms with Crippen LogP contribution in [0.2, 0.25) is 0 Å². The van der Waals surface area contributed by atoms with E-state index in [-0.39, 0.29) is 25.1 Å². The Bertz CT molecular complexity index is 651. The Kier molecular flexibility index (Phi) is 2.88. The minimum Gasteiger partial charge on any atom is -0.338 e. The average Bonchev–Trinajstić information content (AvgIpc) is 3.05. The summed E-state index contributed by atoms with van der Waals surface area (Å²) >= 11 is 0. The van der Waals surface area contributed by atoms with Crippen molar-refractivity contribution in [3.63, 3.8) is 0 Å². The molecule has 1 aromatic heterocycles. The van der Waals surface area contributed by atoms with Gasteiger partial charge in [-0.3, -0.25) is 4.79 Å². The highest BCUT2D eigenvalue weighted by Crippen LogP contribution is 2.34. The third-order valence-corrected chi connectivity index (χ3v) is 3.52. The van der Waals surface area contributed by atoms with Gasteiger partial charge in [0.25, 0.3) is 5.91 Å². The number of rotatable bonds is 1. The van der Waals surface area contributed by atoms with Gasteiger partial charge in [-0.05, 0) is 18.6 Å². The SMILES string of the molecule is O=C(c1cccc2n[nH]nc12)N1CCC(C(F)(F)F)C1. The molecule has 0 bridgehead atoms. The second kappa shape index (κ2) is 4.46. The summed E-state index contributed by atoms with van der Waals surface area (Å²) in [5.41, 5.74) is 1.18. The van der Waals surface area contributed by atoms with Gasteiger partial charge in [0.1, 0.15) is 11.0 Å². The highest BCUT2D eigenvalue weighted by Gasteiger charge is 2.44. The van der Waals surface area contributed by atoms with Gasteiger partial charge >= 0.3 is 6.18 Å². The molecule has 1 atom stereocenters. The number of halogens is 3. The van der Waals surface area contributed by atoms with Crippen molar-refractivity contribution in [2.45, 2.75) is 12.6 Å². The van der Waals surface area contributed by atoms with Crippen LogP contribution in [0.5, 0.6) is 0 Å². The molecule has 0 aliphatic carbocycles. The van der Waals surface area contributed by atoms with E-state index in [0.29, 0.717) is 11.0 Å². The number of hydrogen-bond acceptors (Lipinski definition) is 3. The molecule has 1 amide bonds. The Balaban J connectivity index is 1.85. The van der Waals surface area contributed by atoms with Gasteiger partial charge in [0.2, 0.25) is 0 Å². The Morgan fingerprint density at radius 1 is 1.35 bits per heavy atom. The van der Waals surface area contributed by atoms with Crippen LogP contribution in [-0.4, -0.2) is 45.5 Å². The van der Waals surface area contributed by atoms with Crippen LogP contribution >= 0.6 is 0 Å². The number of H-pyrrole nitrogens is 1. The summed E-state index contributed by atoms with van der Waals surface area (Å²) in [7, 11) is 0. The third-order valence-electron chi connectivity index (χ3n) is 3.52. The van der Waals surface area contributed by atoms with Gasteiger partial charge in [-0.25, -0.2) is 0 Å². The molecule has 20 heavy (non-hydrogen) atoms. The van der Waals surface area contributed by atoms with Crippen molar-refractivity contribution in [1.82, 2.24) is 20.3 Å². The maximum absolute atomic E-state index is 12.6. The molecule has 5 nitrogen and oxygen atoms in total. The highest BCUT2D eigenvalue weighted by molar-refractivity contribution is 6.04. The fraction of sp³-hybridized carbons (Fsp3) is 0.417. The molecule has 1 unspecified atom stereocenters. The Morgan fingerprint density at radius 2 is 2.15 bits per heavy atom. The molecule has 8 heteroatoms. The molecule has 3 rings (SSSR count). The summed E-state index contributed by atoms with van der Waals surface area (Å²) in [5.74, 6) is -1.88. The molecule has 1 aromatic carbocycles. The largest absolute Gasteiger partial charge is 0.393 e. The van der Waals surface area contributed by atoms with E-state index in [1.165, 1.54) is 4.90 Å². The first-order chi connectivity index (χ1) is 9.47. The number of aromatic nitrogens is 3. The number of carbonyl (C=O) groups is 1. The zero-order valence-electron chi connectivity index (χ0n) is 10.3. The van der Waals surface area contributed by atoms with E-state index >= 15 is 0 Å². The fourth-order valence-electron chi connectivity index (χ4n) is 2.42. The highest BCUT2D eigenvalue weighted by atomic mass is 19.4. The molecular weight excluding hydrogens is 273 g/mol. The molecular formula is C12H11F3N4O. The molecule has 2 heterocycles. The van der Waals surface area contributed by atoms with Gasteiger partial charge < -0.3 is 4.90 Å². The maximum Gasteiger partial charge on any atom is 0.393 e. The van der Waals surface area contributed by atoms with E-state index in [2.05, 4.69) is 15.4 Å². The topological polar surface area (TPSA) is 61.9 Å². The van der Waals surface area contributed by atoms with E-state index in [0.717, 1.165) is 0 Å². The molecule has 1 fully saturated rings. The number of aromatic amines is 1. The summed E-state index contributed by atoms with van der Waals surface area (Å²) in [6.07, 6.45) is -4.31. The van der Waals surface area contributed by atoms with Crippen LogP contribution < -0.4 is 0 Å². The number of nitrogens with zero attached hydrogens (tertiary/aromatic N) is 3. The van der Waals surface area contributed by atoms with Crippen molar-refractivity contribution < 1.29 is 18.0 Å². The lowest BCUT2D eigenvalue weighted by molar-refractivity contribution is -0.169. The molecule has 1 saturated heterocycles. The standard InChI is InChI=1S/C12H11F3N4O/c13-12(14,15)7-4-5-19(6-7)11(20)8-2-1-3-9-10(8)17-18-16-9/h1-3,7H,4-6H2,(H,16,17,18). The lowest BCUT2D eigenvalue weighted by Gasteiger charge is -2.18. The van der Waals surface area contributed by atoms with Gasteiger partial charge in [-0.2, -0.15) is 28.6 Å². The number of hydrogen-bond donors (Lipinski definition) is 1. The van der Waals surface area contributed by atoms with Crippen molar-refractivity contribution in [2.75, 3.05) is 13.1 Å². The molecule has 0 saturated carbocycles. The van der Waals surface area contributed by atoms with Gasteiger partial charge in [0.15, 0.2) is 0 Å². The summed E-state index contributed by atoms with van der Waals surface area (Å²) < 4.78 is 37.9. The first kappa shape index (κ1) is 12.9. The summed E-state index contributed by atoms with van der Waals surface area (Å²) in [6.45, 7) is -0.187. The van der Waals surface area contributed by atoms with Gasteiger partial charge in [-0.15, -0.1) is 0 Å². The van der Waals surface area contributed by atoms with Crippen LogP contribution in [0.1, 0.15) is 16.8 Å². The minimum absolute atomic E-state index is 0.0516. The van der Waals surface area contributed by atoms with Crippen LogP contribution in [-0.2, 0) is 0 Å². The Hall–Kier alpha value is -2.12. The number of carbonyl (C=O) groups excluding carboxylic acids is 1. The third kappa shape index (κ3) is 2.10. The molecule has 1 aliphatic heterocycles. The smallest absolute Gasteiger partial charge is 0.338 e. The Labute approximate surface area is 111 Å². The quantitative estimate of drug-likeness (QED) is 0.871. The van der Waals surface area contributed by atoms with Crippen LogP contribution in [0, 0.1) is 5.92 Å². The number of likely N-dealkylation sites (tertiary alicyclic amines) is 1. The fourth-order valence-corrected chi connectivity index (χ4v) is 2.42. The average molecular weight is 284 g/mol. The van der Waals surface area contributed by atoms with Crippen LogP contribution in [0.25, 0.3) is 11.0 Å². The van der Waals surface area contributed by atoms with Crippen molar-refractivity contribution in [2.24, 2.45) is 5.92 Å². The van der Waals surface area contributed by atoms with Crippen LogP contribution in [0.3, 0.4) is 0 Å². The predicted molar refractivity (Wildman–Crippen MR) is 64.0 cm³/mol.